The van der Waals surface area contributed by atoms with Crippen molar-refractivity contribution in [2.75, 3.05) is 5.32 Å². The average Bonchev–Trinajstić information content (AvgIpc) is 3.02. The molecular formula is C20H17F2N5. The standard InChI is InChI=1S/C20H17F2N5/c1-12-9-15(22)7-8-16(12)18-25-19(17-20(26-18)27(2)11-24-17)23-10-13-3-5-14(21)6-4-13/h3-9,11H,10H2,1-2H3,(H,23,25,26). The first-order valence-corrected chi connectivity index (χ1v) is 8.45. The summed E-state index contributed by atoms with van der Waals surface area (Å²) in [5, 5.41) is 3.25. The summed E-state index contributed by atoms with van der Waals surface area (Å²) in [5.41, 5.74) is 3.73. The normalized spacial score (nSPS) is 11.1. The SMILES string of the molecule is Cc1cc(F)ccc1-c1nc(NCc2ccc(F)cc2)c2ncn(C)c2n1. The van der Waals surface area contributed by atoms with Crippen LogP contribution < -0.4 is 5.32 Å². The number of halogens is 2. The molecule has 2 aromatic heterocycles. The summed E-state index contributed by atoms with van der Waals surface area (Å²) >= 11 is 0. The zero-order valence-corrected chi connectivity index (χ0v) is 14.9. The van der Waals surface area contributed by atoms with Gasteiger partial charge in [-0.3, -0.25) is 0 Å². The highest BCUT2D eigenvalue weighted by Crippen LogP contribution is 2.26. The summed E-state index contributed by atoms with van der Waals surface area (Å²) in [6.07, 6.45) is 1.67. The van der Waals surface area contributed by atoms with Crippen LogP contribution in [-0.2, 0) is 13.6 Å². The van der Waals surface area contributed by atoms with Crippen molar-refractivity contribution in [3.8, 4) is 11.4 Å². The van der Waals surface area contributed by atoms with Crippen molar-refractivity contribution in [1.82, 2.24) is 19.5 Å². The molecule has 27 heavy (non-hydrogen) atoms. The molecule has 0 amide bonds. The topological polar surface area (TPSA) is 55.6 Å². The zero-order valence-electron chi connectivity index (χ0n) is 14.9. The van der Waals surface area contributed by atoms with E-state index in [1.807, 2.05) is 18.5 Å². The van der Waals surface area contributed by atoms with Crippen molar-refractivity contribution in [1.29, 1.82) is 0 Å². The highest BCUT2D eigenvalue weighted by Gasteiger charge is 2.15. The maximum absolute atomic E-state index is 13.5. The number of nitrogens with zero attached hydrogens (tertiary/aromatic N) is 4. The molecular weight excluding hydrogens is 348 g/mol. The number of nitrogens with one attached hydrogen (secondary N) is 1. The third-order valence-electron chi connectivity index (χ3n) is 4.36. The maximum atomic E-state index is 13.5. The molecule has 7 heteroatoms. The summed E-state index contributed by atoms with van der Waals surface area (Å²) < 4.78 is 28.3. The fourth-order valence-corrected chi connectivity index (χ4v) is 2.92. The van der Waals surface area contributed by atoms with Crippen LogP contribution in [0.4, 0.5) is 14.6 Å². The number of imidazole rings is 1. The van der Waals surface area contributed by atoms with Gasteiger partial charge in [0.2, 0.25) is 0 Å². The van der Waals surface area contributed by atoms with E-state index in [0.29, 0.717) is 29.4 Å². The Kier molecular flexibility index (Phi) is 4.27. The highest BCUT2D eigenvalue weighted by molar-refractivity contribution is 5.85. The predicted molar refractivity (Wildman–Crippen MR) is 100 cm³/mol. The van der Waals surface area contributed by atoms with Crippen molar-refractivity contribution in [3.63, 3.8) is 0 Å². The molecule has 4 aromatic rings. The van der Waals surface area contributed by atoms with E-state index in [1.165, 1.54) is 24.3 Å². The molecule has 4 rings (SSSR count). The number of hydrogen-bond donors (Lipinski definition) is 1. The molecule has 2 heterocycles. The summed E-state index contributed by atoms with van der Waals surface area (Å²) in [6.45, 7) is 2.28. The number of anilines is 1. The molecule has 0 aliphatic carbocycles. The molecule has 0 aliphatic heterocycles. The second-order valence-corrected chi connectivity index (χ2v) is 6.36. The molecule has 0 saturated carbocycles. The van der Waals surface area contributed by atoms with Gasteiger partial charge in [-0.05, 0) is 48.4 Å². The molecule has 1 N–H and O–H groups in total. The van der Waals surface area contributed by atoms with Gasteiger partial charge in [0.1, 0.15) is 17.2 Å². The lowest BCUT2D eigenvalue weighted by molar-refractivity contribution is 0.626. The first-order chi connectivity index (χ1) is 13.0. The number of rotatable bonds is 4. The number of fused-ring (bicyclic) bond motifs is 1. The van der Waals surface area contributed by atoms with Gasteiger partial charge in [0.05, 0.1) is 6.33 Å². The molecule has 0 bridgehead atoms. The Morgan fingerprint density at radius 2 is 1.74 bits per heavy atom. The maximum Gasteiger partial charge on any atom is 0.165 e. The second-order valence-electron chi connectivity index (χ2n) is 6.36. The monoisotopic (exact) mass is 365 g/mol. The van der Waals surface area contributed by atoms with Gasteiger partial charge in [-0.1, -0.05) is 12.1 Å². The first-order valence-electron chi connectivity index (χ1n) is 8.45. The van der Waals surface area contributed by atoms with Crippen molar-refractivity contribution in [2.24, 2.45) is 7.05 Å². The van der Waals surface area contributed by atoms with Gasteiger partial charge in [-0.25, -0.2) is 23.7 Å². The lowest BCUT2D eigenvalue weighted by Gasteiger charge is -2.10. The third-order valence-corrected chi connectivity index (χ3v) is 4.36. The Balaban J connectivity index is 1.75. The Morgan fingerprint density at radius 3 is 2.48 bits per heavy atom. The molecule has 0 atom stereocenters. The number of benzene rings is 2. The zero-order chi connectivity index (χ0) is 19.0. The van der Waals surface area contributed by atoms with Crippen LogP contribution in [0.15, 0.2) is 48.8 Å². The first kappa shape index (κ1) is 17.1. The van der Waals surface area contributed by atoms with Gasteiger partial charge in [-0.15, -0.1) is 0 Å². The quantitative estimate of drug-likeness (QED) is 0.588. The van der Waals surface area contributed by atoms with E-state index in [2.05, 4.69) is 20.3 Å². The smallest absolute Gasteiger partial charge is 0.165 e. The number of aromatic nitrogens is 4. The van der Waals surface area contributed by atoms with E-state index in [9.17, 15) is 8.78 Å². The Bertz CT molecular complexity index is 1120. The Hall–Kier alpha value is -3.35. The molecule has 2 aromatic carbocycles. The Morgan fingerprint density at radius 1 is 1.00 bits per heavy atom. The van der Waals surface area contributed by atoms with Crippen LogP contribution in [0, 0.1) is 18.6 Å². The third kappa shape index (κ3) is 3.36. The van der Waals surface area contributed by atoms with Crippen LogP contribution in [0.25, 0.3) is 22.6 Å². The van der Waals surface area contributed by atoms with Crippen molar-refractivity contribution in [3.05, 3.63) is 71.6 Å². The van der Waals surface area contributed by atoms with Gasteiger partial charge in [-0.2, -0.15) is 0 Å². The van der Waals surface area contributed by atoms with E-state index in [4.69, 9.17) is 0 Å². The van der Waals surface area contributed by atoms with Gasteiger partial charge in [0.25, 0.3) is 0 Å². The molecule has 0 saturated heterocycles. The summed E-state index contributed by atoms with van der Waals surface area (Å²) in [6, 6.07) is 10.8. The molecule has 0 fully saturated rings. The number of hydrogen-bond acceptors (Lipinski definition) is 4. The fraction of sp³-hybridized carbons (Fsp3) is 0.150. The van der Waals surface area contributed by atoms with Crippen LogP contribution >= 0.6 is 0 Å². The number of aryl methyl sites for hydroxylation is 2. The average molecular weight is 365 g/mol. The van der Waals surface area contributed by atoms with Crippen molar-refractivity contribution in [2.45, 2.75) is 13.5 Å². The van der Waals surface area contributed by atoms with Crippen LogP contribution in [0.5, 0.6) is 0 Å². The molecule has 5 nitrogen and oxygen atoms in total. The van der Waals surface area contributed by atoms with Crippen LogP contribution in [-0.4, -0.2) is 19.5 Å². The minimum absolute atomic E-state index is 0.276. The second kappa shape index (κ2) is 6.75. The van der Waals surface area contributed by atoms with E-state index < -0.39 is 0 Å². The summed E-state index contributed by atoms with van der Waals surface area (Å²) in [5.74, 6) is 0.489. The molecule has 0 spiro atoms. The lowest BCUT2D eigenvalue weighted by atomic mass is 10.1. The van der Waals surface area contributed by atoms with Gasteiger partial charge >= 0.3 is 0 Å². The summed E-state index contributed by atoms with van der Waals surface area (Å²) in [4.78, 5) is 13.6. The lowest BCUT2D eigenvalue weighted by Crippen LogP contribution is -2.05. The Labute approximate surface area is 154 Å². The van der Waals surface area contributed by atoms with E-state index in [0.717, 1.165) is 16.7 Å². The minimum Gasteiger partial charge on any atom is -0.364 e. The van der Waals surface area contributed by atoms with E-state index in [-0.39, 0.29) is 11.6 Å². The van der Waals surface area contributed by atoms with Crippen LogP contribution in [0.1, 0.15) is 11.1 Å². The van der Waals surface area contributed by atoms with E-state index >= 15 is 0 Å². The largest absolute Gasteiger partial charge is 0.364 e. The molecule has 0 unspecified atom stereocenters. The van der Waals surface area contributed by atoms with Crippen molar-refractivity contribution >= 4 is 17.0 Å². The predicted octanol–water partition coefficient (Wildman–Crippen LogP) is 4.23. The molecule has 136 valence electrons. The van der Waals surface area contributed by atoms with Crippen LogP contribution in [0.2, 0.25) is 0 Å². The van der Waals surface area contributed by atoms with Gasteiger partial charge in [0, 0.05) is 19.2 Å². The fourth-order valence-electron chi connectivity index (χ4n) is 2.92. The van der Waals surface area contributed by atoms with E-state index in [1.54, 1.807) is 24.5 Å². The van der Waals surface area contributed by atoms with Gasteiger partial charge < -0.3 is 9.88 Å². The minimum atomic E-state index is -0.299. The van der Waals surface area contributed by atoms with Gasteiger partial charge in [0.15, 0.2) is 17.3 Å². The molecule has 0 aliphatic rings. The van der Waals surface area contributed by atoms with Crippen LogP contribution in [0.3, 0.4) is 0 Å². The molecule has 0 radical (unpaired) electrons. The summed E-state index contributed by atoms with van der Waals surface area (Å²) in [7, 11) is 1.85. The van der Waals surface area contributed by atoms with Crippen molar-refractivity contribution < 1.29 is 8.78 Å². The highest BCUT2D eigenvalue weighted by atomic mass is 19.1.